The maximum absolute atomic E-state index is 12.8. The molecule has 2 aromatic rings. The molecule has 0 bridgehead atoms. The van der Waals surface area contributed by atoms with Crippen molar-refractivity contribution in [2.45, 2.75) is 30.4 Å². The van der Waals surface area contributed by atoms with Crippen molar-refractivity contribution in [3.63, 3.8) is 0 Å². The molecule has 1 heterocycles. The van der Waals surface area contributed by atoms with E-state index in [2.05, 4.69) is 0 Å². The van der Waals surface area contributed by atoms with Crippen LogP contribution in [0.25, 0.3) is 0 Å². The number of benzene rings is 2. The lowest BCUT2D eigenvalue weighted by molar-refractivity contribution is -0.385. The largest absolute Gasteiger partial charge is 0.463 e. The van der Waals surface area contributed by atoms with Gasteiger partial charge in [0.1, 0.15) is 17.4 Å². The quantitative estimate of drug-likeness (QED) is 0.245. The van der Waals surface area contributed by atoms with Crippen LogP contribution < -0.4 is 5.73 Å². The van der Waals surface area contributed by atoms with E-state index >= 15 is 0 Å². The van der Waals surface area contributed by atoms with Gasteiger partial charge in [0, 0.05) is 27.8 Å². The van der Waals surface area contributed by atoms with Crippen molar-refractivity contribution in [1.29, 1.82) is 5.26 Å². The highest BCUT2D eigenvalue weighted by Crippen LogP contribution is 2.44. The van der Waals surface area contributed by atoms with E-state index in [1.807, 2.05) is 18.2 Å². The number of thioether (sulfide) groups is 1. The third kappa shape index (κ3) is 5.30. The fourth-order valence-electron chi connectivity index (χ4n) is 3.41. The lowest BCUT2D eigenvalue weighted by Crippen LogP contribution is -2.26. The summed E-state index contributed by atoms with van der Waals surface area (Å²) in [4.78, 5) is 24.4. The average molecular weight is 486 g/mol. The molecule has 2 aromatic carbocycles. The number of carbonyl (C=O) groups excluding carboxylic acids is 1. The second kappa shape index (κ2) is 10.4. The van der Waals surface area contributed by atoms with Crippen LogP contribution in [-0.2, 0) is 20.0 Å². The van der Waals surface area contributed by atoms with Crippen LogP contribution in [0.2, 0.25) is 5.02 Å². The number of nitro benzene ring substituents is 1. The van der Waals surface area contributed by atoms with Crippen LogP contribution in [0, 0.1) is 21.4 Å². The molecule has 0 saturated heterocycles. The molecule has 0 radical (unpaired) electrons. The van der Waals surface area contributed by atoms with Crippen molar-refractivity contribution in [3.8, 4) is 6.07 Å². The molecule has 3 rings (SSSR count). The Kier molecular flexibility index (Phi) is 7.63. The van der Waals surface area contributed by atoms with Crippen molar-refractivity contribution in [2.75, 3.05) is 6.61 Å². The first-order valence-electron chi connectivity index (χ1n) is 9.87. The monoisotopic (exact) mass is 485 g/mol. The SMILES string of the molecule is CCOC(=O)C1=C(C)OC(N)=C(C#N)C1c1cc([N+](=O)[O-])ccc1SCc1ccc(Cl)cc1. The van der Waals surface area contributed by atoms with Crippen molar-refractivity contribution in [2.24, 2.45) is 5.73 Å². The fraction of sp³-hybridized carbons (Fsp3) is 0.217. The van der Waals surface area contributed by atoms with Gasteiger partial charge in [-0.3, -0.25) is 10.1 Å². The molecule has 1 unspecified atom stereocenters. The molecular formula is C23H20ClN3O5S. The summed E-state index contributed by atoms with van der Waals surface area (Å²) in [6.45, 7) is 3.30. The van der Waals surface area contributed by atoms with Gasteiger partial charge >= 0.3 is 5.97 Å². The molecule has 1 aliphatic rings. The van der Waals surface area contributed by atoms with E-state index in [-0.39, 0.29) is 35.1 Å². The number of nitriles is 1. The fourth-order valence-corrected chi connectivity index (χ4v) is 4.56. The zero-order chi connectivity index (χ0) is 24.1. The molecule has 2 N–H and O–H groups in total. The molecule has 10 heteroatoms. The molecule has 0 aliphatic carbocycles. The molecule has 0 amide bonds. The standard InChI is InChI=1S/C23H20ClN3O5S/c1-3-31-23(28)20-13(2)32-22(26)18(11-25)21(20)17-10-16(27(29)30)8-9-19(17)33-12-14-4-6-15(24)7-5-14/h4-10,21H,3,12,26H2,1-2H3. The summed E-state index contributed by atoms with van der Waals surface area (Å²) in [5, 5.41) is 21.9. The first-order valence-corrected chi connectivity index (χ1v) is 11.2. The molecule has 170 valence electrons. The van der Waals surface area contributed by atoms with E-state index in [1.54, 1.807) is 25.1 Å². The Morgan fingerprint density at radius 1 is 1.33 bits per heavy atom. The maximum atomic E-state index is 12.8. The third-order valence-corrected chi connectivity index (χ3v) is 6.34. The number of non-ortho nitro benzene ring substituents is 1. The summed E-state index contributed by atoms with van der Waals surface area (Å²) in [5.74, 6) is -1.11. The summed E-state index contributed by atoms with van der Waals surface area (Å²) in [6.07, 6.45) is 0. The van der Waals surface area contributed by atoms with Crippen LogP contribution in [0.3, 0.4) is 0 Å². The van der Waals surface area contributed by atoms with Gasteiger partial charge in [0.05, 0.1) is 23.0 Å². The minimum Gasteiger partial charge on any atom is -0.463 e. The Morgan fingerprint density at radius 3 is 2.64 bits per heavy atom. The van der Waals surface area contributed by atoms with Crippen molar-refractivity contribution >= 4 is 35.0 Å². The van der Waals surface area contributed by atoms with Crippen LogP contribution in [-0.4, -0.2) is 17.5 Å². The number of hydrogen-bond acceptors (Lipinski definition) is 8. The predicted octanol–water partition coefficient (Wildman–Crippen LogP) is 5.19. The van der Waals surface area contributed by atoms with Gasteiger partial charge in [-0.15, -0.1) is 11.8 Å². The minimum absolute atomic E-state index is 0.0162. The Bertz CT molecular complexity index is 1200. The highest BCUT2D eigenvalue weighted by molar-refractivity contribution is 7.98. The molecule has 1 aliphatic heterocycles. The summed E-state index contributed by atoms with van der Waals surface area (Å²) in [6, 6.07) is 13.6. The Hall–Kier alpha value is -3.48. The minimum atomic E-state index is -0.976. The summed E-state index contributed by atoms with van der Waals surface area (Å²) < 4.78 is 10.6. The van der Waals surface area contributed by atoms with Crippen LogP contribution in [0.1, 0.15) is 30.9 Å². The van der Waals surface area contributed by atoms with Crippen molar-refractivity contribution in [3.05, 3.63) is 91.5 Å². The Balaban J connectivity index is 2.14. The number of carbonyl (C=O) groups is 1. The number of halogens is 1. The van der Waals surface area contributed by atoms with Gasteiger partial charge in [0.2, 0.25) is 5.88 Å². The van der Waals surface area contributed by atoms with Crippen LogP contribution in [0.15, 0.2) is 70.1 Å². The van der Waals surface area contributed by atoms with Gasteiger partial charge in [-0.25, -0.2) is 4.79 Å². The van der Waals surface area contributed by atoms with Gasteiger partial charge in [0.25, 0.3) is 5.69 Å². The van der Waals surface area contributed by atoms with E-state index < -0.39 is 16.8 Å². The topological polar surface area (TPSA) is 128 Å². The molecule has 8 nitrogen and oxygen atoms in total. The Morgan fingerprint density at radius 2 is 2.03 bits per heavy atom. The first kappa shape index (κ1) is 24.2. The normalized spacial score (nSPS) is 15.6. The molecule has 33 heavy (non-hydrogen) atoms. The number of rotatable bonds is 7. The average Bonchev–Trinajstić information content (AvgIpc) is 2.78. The Labute approximate surface area is 199 Å². The number of esters is 1. The van der Waals surface area contributed by atoms with Crippen LogP contribution >= 0.6 is 23.4 Å². The van der Waals surface area contributed by atoms with Gasteiger partial charge in [-0.2, -0.15) is 5.26 Å². The third-order valence-electron chi connectivity index (χ3n) is 4.92. The maximum Gasteiger partial charge on any atom is 0.338 e. The zero-order valence-corrected chi connectivity index (χ0v) is 19.4. The number of allylic oxidation sites excluding steroid dienone is 2. The van der Waals surface area contributed by atoms with E-state index in [4.69, 9.17) is 26.8 Å². The van der Waals surface area contributed by atoms with E-state index in [0.717, 1.165) is 5.56 Å². The van der Waals surface area contributed by atoms with E-state index in [9.17, 15) is 20.2 Å². The molecule has 0 saturated carbocycles. The molecule has 1 atom stereocenters. The van der Waals surface area contributed by atoms with Gasteiger partial charge in [0.15, 0.2) is 0 Å². The summed E-state index contributed by atoms with van der Waals surface area (Å²) in [7, 11) is 0. The second-order valence-corrected chi connectivity index (χ2v) is 8.46. The molecule has 0 fully saturated rings. The van der Waals surface area contributed by atoms with E-state index in [0.29, 0.717) is 21.2 Å². The number of nitrogens with two attached hydrogens (primary N) is 1. The van der Waals surface area contributed by atoms with Gasteiger partial charge in [-0.05, 0) is 43.2 Å². The van der Waals surface area contributed by atoms with Gasteiger partial charge in [-0.1, -0.05) is 23.7 Å². The zero-order valence-electron chi connectivity index (χ0n) is 17.8. The van der Waals surface area contributed by atoms with Crippen molar-refractivity contribution < 1.29 is 19.2 Å². The highest BCUT2D eigenvalue weighted by Gasteiger charge is 2.38. The lowest BCUT2D eigenvalue weighted by atomic mass is 9.83. The highest BCUT2D eigenvalue weighted by atomic mass is 35.5. The van der Waals surface area contributed by atoms with E-state index in [1.165, 1.54) is 30.8 Å². The number of hydrogen-bond donors (Lipinski definition) is 1. The number of nitro groups is 1. The lowest BCUT2D eigenvalue weighted by Gasteiger charge is -2.28. The molecular weight excluding hydrogens is 466 g/mol. The van der Waals surface area contributed by atoms with Crippen LogP contribution in [0.4, 0.5) is 5.69 Å². The molecule has 0 aromatic heterocycles. The summed E-state index contributed by atoms with van der Waals surface area (Å²) in [5.41, 5.74) is 7.23. The second-order valence-electron chi connectivity index (χ2n) is 7.01. The van der Waals surface area contributed by atoms with Gasteiger partial charge < -0.3 is 15.2 Å². The summed E-state index contributed by atoms with van der Waals surface area (Å²) >= 11 is 7.36. The number of ether oxygens (including phenoxy) is 2. The van der Waals surface area contributed by atoms with Crippen LogP contribution in [0.5, 0.6) is 0 Å². The first-order chi connectivity index (χ1) is 15.8. The van der Waals surface area contributed by atoms with Crippen molar-refractivity contribution in [1.82, 2.24) is 0 Å². The smallest absolute Gasteiger partial charge is 0.338 e. The number of nitrogens with zero attached hydrogens (tertiary/aromatic N) is 2. The molecule has 0 spiro atoms. The predicted molar refractivity (Wildman–Crippen MR) is 124 cm³/mol.